The summed E-state index contributed by atoms with van der Waals surface area (Å²) >= 11 is 0. The maximum atomic E-state index is 11.0. The van der Waals surface area contributed by atoms with Gasteiger partial charge in [0.05, 0.1) is 5.69 Å². The third kappa shape index (κ3) is 3.69. The first kappa shape index (κ1) is 12.3. The fraction of sp³-hybridized carbons (Fsp3) is 0.455. The van der Waals surface area contributed by atoms with Crippen molar-refractivity contribution in [2.24, 2.45) is 5.14 Å². The van der Waals surface area contributed by atoms with Crippen LogP contribution < -0.4 is 9.86 Å². The molecule has 1 aliphatic heterocycles. The Bertz CT molecular complexity index is 481. The van der Waals surface area contributed by atoms with Crippen LogP contribution in [-0.4, -0.2) is 26.4 Å². The molecule has 1 aromatic carbocycles. The Hall–Kier alpha value is -1.11. The van der Waals surface area contributed by atoms with Crippen molar-refractivity contribution in [3.05, 3.63) is 29.8 Å². The lowest BCUT2D eigenvalue weighted by Crippen LogP contribution is -2.24. The molecule has 94 valence electrons. The van der Waals surface area contributed by atoms with Crippen molar-refractivity contribution in [2.45, 2.75) is 19.4 Å². The molecule has 0 unspecified atom stereocenters. The van der Waals surface area contributed by atoms with Gasteiger partial charge in [0.2, 0.25) is 0 Å². The van der Waals surface area contributed by atoms with Crippen LogP contribution in [0.3, 0.4) is 0 Å². The lowest BCUT2D eigenvalue weighted by Gasteiger charge is -2.17. The Morgan fingerprint density at radius 1 is 1.24 bits per heavy atom. The highest BCUT2D eigenvalue weighted by Crippen LogP contribution is 2.20. The topological polar surface area (TPSA) is 75.4 Å². The number of benzene rings is 1. The molecular weight excluding hydrogens is 238 g/mol. The van der Waals surface area contributed by atoms with Gasteiger partial charge in [0.15, 0.2) is 0 Å². The van der Waals surface area contributed by atoms with Crippen molar-refractivity contribution < 1.29 is 8.42 Å². The summed E-state index contributed by atoms with van der Waals surface area (Å²) in [7, 11) is -3.70. The summed E-state index contributed by atoms with van der Waals surface area (Å²) in [5, 5.41) is 4.99. The number of nitrogens with zero attached hydrogens (tertiary/aromatic N) is 1. The van der Waals surface area contributed by atoms with Crippen LogP contribution in [0.1, 0.15) is 18.4 Å². The highest BCUT2D eigenvalue weighted by Gasteiger charge is 2.14. The highest BCUT2D eigenvalue weighted by molar-refractivity contribution is 7.90. The van der Waals surface area contributed by atoms with Gasteiger partial charge in [-0.25, -0.2) is 5.14 Å². The molecule has 1 aromatic rings. The molecule has 1 aliphatic rings. The lowest BCUT2D eigenvalue weighted by atomic mass is 10.2. The number of anilines is 1. The number of nitrogens with one attached hydrogen (secondary N) is 1. The second-order valence-electron chi connectivity index (χ2n) is 4.29. The maximum absolute atomic E-state index is 11.0. The van der Waals surface area contributed by atoms with E-state index in [1.807, 2.05) is 12.1 Å². The fourth-order valence-electron chi connectivity index (χ4n) is 2.09. The normalized spacial score (nSPS) is 17.2. The molecule has 0 spiro atoms. The summed E-state index contributed by atoms with van der Waals surface area (Å²) in [4.78, 5) is 2.31. The summed E-state index contributed by atoms with van der Waals surface area (Å²) in [6.45, 7) is 2.91. The van der Waals surface area contributed by atoms with Gasteiger partial charge in [0.25, 0.3) is 10.2 Å². The van der Waals surface area contributed by atoms with E-state index in [4.69, 9.17) is 5.14 Å². The smallest absolute Gasteiger partial charge is 0.296 e. The minimum atomic E-state index is -3.70. The van der Waals surface area contributed by atoms with Crippen LogP contribution in [0, 0.1) is 0 Å². The molecule has 2 rings (SSSR count). The highest BCUT2D eigenvalue weighted by atomic mass is 32.2. The fourth-order valence-corrected chi connectivity index (χ4v) is 2.60. The molecular formula is C11H17N3O2S. The molecule has 0 aliphatic carbocycles. The first-order chi connectivity index (χ1) is 8.04. The third-order valence-electron chi connectivity index (χ3n) is 2.86. The lowest BCUT2D eigenvalue weighted by molar-refractivity contribution is 0.332. The minimum Gasteiger partial charge on any atom is -0.299 e. The van der Waals surface area contributed by atoms with Gasteiger partial charge in [0, 0.05) is 6.54 Å². The molecule has 0 saturated carbocycles. The molecule has 5 nitrogen and oxygen atoms in total. The summed E-state index contributed by atoms with van der Waals surface area (Å²) in [6.07, 6.45) is 2.43. The Balaban J connectivity index is 2.15. The third-order valence-corrected chi connectivity index (χ3v) is 3.37. The Kier molecular flexibility index (Phi) is 3.66. The molecule has 1 saturated heterocycles. The van der Waals surface area contributed by atoms with E-state index in [0.29, 0.717) is 5.69 Å². The van der Waals surface area contributed by atoms with E-state index in [9.17, 15) is 8.42 Å². The average Bonchev–Trinajstić information content (AvgIpc) is 2.71. The van der Waals surface area contributed by atoms with Crippen molar-refractivity contribution in [3.8, 4) is 0 Å². The van der Waals surface area contributed by atoms with Crippen molar-refractivity contribution in [1.82, 2.24) is 4.90 Å². The van der Waals surface area contributed by atoms with Crippen molar-refractivity contribution in [1.29, 1.82) is 0 Å². The van der Waals surface area contributed by atoms with E-state index in [-0.39, 0.29) is 0 Å². The zero-order valence-corrected chi connectivity index (χ0v) is 10.4. The van der Waals surface area contributed by atoms with Crippen molar-refractivity contribution >= 4 is 15.9 Å². The van der Waals surface area contributed by atoms with Crippen LogP contribution in [-0.2, 0) is 16.8 Å². The minimum absolute atomic E-state index is 0.571. The predicted molar refractivity (Wildman–Crippen MR) is 67.7 cm³/mol. The average molecular weight is 255 g/mol. The van der Waals surface area contributed by atoms with Gasteiger partial charge in [-0.3, -0.25) is 9.62 Å². The van der Waals surface area contributed by atoms with E-state index >= 15 is 0 Å². The quantitative estimate of drug-likeness (QED) is 0.839. The number of hydrogen-bond donors (Lipinski definition) is 2. The van der Waals surface area contributed by atoms with Crippen LogP contribution in [0.25, 0.3) is 0 Å². The molecule has 0 amide bonds. The molecule has 1 fully saturated rings. The van der Waals surface area contributed by atoms with Crippen LogP contribution in [0.4, 0.5) is 5.69 Å². The second kappa shape index (κ2) is 5.03. The Morgan fingerprint density at radius 2 is 1.88 bits per heavy atom. The standard InChI is InChI=1S/C11H17N3O2S/c12-17(15,16)13-11-6-2-1-5-10(11)9-14-7-3-4-8-14/h1-2,5-6,13H,3-4,7-9H2,(H2,12,15,16). The number of nitrogens with two attached hydrogens (primary N) is 1. The first-order valence-corrected chi connectivity index (χ1v) is 7.20. The van der Waals surface area contributed by atoms with Gasteiger partial charge in [-0.05, 0) is 37.6 Å². The predicted octanol–water partition coefficient (Wildman–Crippen LogP) is 0.898. The summed E-state index contributed by atoms with van der Waals surface area (Å²) in [5.41, 5.74) is 1.53. The monoisotopic (exact) mass is 255 g/mol. The summed E-state index contributed by atoms with van der Waals surface area (Å²) in [5.74, 6) is 0. The van der Waals surface area contributed by atoms with Gasteiger partial charge >= 0.3 is 0 Å². The van der Waals surface area contributed by atoms with Crippen LogP contribution in [0.2, 0.25) is 0 Å². The largest absolute Gasteiger partial charge is 0.299 e. The number of rotatable bonds is 4. The summed E-state index contributed by atoms with van der Waals surface area (Å²) in [6, 6.07) is 7.35. The molecule has 0 aromatic heterocycles. The van der Waals surface area contributed by atoms with Crippen molar-refractivity contribution in [3.63, 3.8) is 0 Å². The van der Waals surface area contributed by atoms with Gasteiger partial charge < -0.3 is 0 Å². The van der Waals surface area contributed by atoms with Crippen molar-refractivity contribution in [2.75, 3.05) is 17.8 Å². The Morgan fingerprint density at radius 3 is 2.53 bits per heavy atom. The molecule has 0 atom stereocenters. The van der Waals surface area contributed by atoms with E-state index in [0.717, 1.165) is 25.2 Å². The summed E-state index contributed by atoms with van der Waals surface area (Å²) < 4.78 is 24.4. The van der Waals surface area contributed by atoms with Gasteiger partial charge in [-0.2, -0.15) is 8.42 Å². The number of likely N-dealkylation sites (tertiary alicyclic amines) is 1. The second-order valence-corrected chi connectivity index (χ2v) is 5.58. The molecule has 3 N–H and O–H groups in total. The van der Waals surface area contributed by atoms with Gasteiger partial charge in [-0.1, -0.05) is 18.2 Å². The molecule has 0 bridgehead atoms. The Labute approximate surface area is 102 Å². The van der Waals surface area contributed by atoms with Crippen LogP contribution >= 0.6 is 0 Å². The van der Waals surface area contributed by atoms with E-state index in [2.05, 4.69) is 9.62 Å². The van der Waals surface area contributed by atoms with Gasteiger partial charge in [0.1, 0.15) is 0 Å². The maximum Gasteiger partial charge on any atom is 0.296 e. The first-order valence-electron chi connectivity index (χ1n) is 5.65. The molecule has 17 heavy (non-hydrogen) atoms. The van der Waals surface area contributed by atoms with E-state index < -0.39 is 10.2 Å². The van der Waals surface area contributed by atoms with Crippen LogP contribution in [0.5, 0.6) is 0 Å². The SMILES string of the molecule is NS(=O)(=O)Nc1ccccc1CN1CCCC1. The zero-order valence-electron chi connectivity index (χ0n) is 9.59. The molecule has 6 heteroatoms. The van der Waals surface area contributed by atoms with E-state index in [1.54, 1.807) is 12.1 Å². The molecule has 0 radical (unpaired) electrons. The zero-order chi connectivity index (χ0) is 12.3. The van der Waals surface area contributed by atoms with Gasteiger partial charge in [-0.15, -0.1) is 0 Å². The van der Waals surface area contributed by atoms with E-state index in [1.165, 1.54) is 12.8 Å². The van der Waals surface area contributed by atoms with Crippen LogP contribution in [0.15, 0.2) is 24.3 Å². The number of para-hydroxylation sites is 1. The molecule has 1 heterocycles. The number of hydrogen-bond acceptors (Lipinski definition) is 3.